The van der Waals surface area contributed by atoms with Gasteiger partial charge in [-0.1, -0.05) is 96.2 Å². The Labute approximate surface area is 238 Å². The number of rotatable bonds is 4. The van der Waals surface area contributed by atoms with Crippen LogP contribution in [0.15, 0.2) is 120 Å². The fraction of sp³-hybridized carbons (Fsp3) is 0.222. The molecule has 40 heavy (non-hydrogen) atoms. The van der Waals surface area contributed by atoms with E-state index in [-0.39, 0.29) is 0 Å². The molecular weight excluding hydrogens is 503 g/mol. The molecule has 0 fully saturated rings. The monoisotopic (exact) mass is 535 g/mol. The lowest BCUT2D eigenvalue weighted by Gasteiger charge is -2.49. The Balaban J connectivity index is 1.34. The van der Waals surface area contributed by atoms with Gasteiger partial charge < -0.3 is 4.90 Å². The number of para-hydroxylation sites is 1. The molecule has 2 aliphatic heterocycles. The molecule has 4 aliphatic rings. The Hall–Kier alpha value is -4.20. The Morgan fingerprint density at radius 2 is 1.65 bits per heavy atom. The Kier molecular flexibility index (Phi) is 6.67. The summed E-state index contributed by atoms with van der Waals surface area (Å²) in [6.07, 6.45) is 17.8. The summed E-state index contributed by atoms with van der Waals surface area (Å²) in [5, 5.41) is 12.9. The number of benzene rings is 3. The number of hydrogen-bond donors (Lipinski definition) is 0. The van der Waals surface area contributed by atoms with Crippen LogP contribution in [0, 0.1) is 11.3 Å². The van der Waals surface area contributed by atoms with Crippen molar-refractivity contribution in [2.45, 2.75) is 50.1 Å². The van der Waals surface area contributed by atoms with Crippen LogP contribution in [0.3, 0.4) is 0 Å². The summed E-state index contributed by atoms with van der Waals surface area (Å²) < 4.78 is 0. The fourth-order valence-corrected chi connectivity index (χ4v) is 11.2. The highest BCUT2D eigenvalue weighted by molar-refractivity contribution is 6.88. The minimum atomic E-state index is -1.45. The van der Waals surface area contributed by atoms with Gasteiger partial charge in [-0.2, -0.15) is 5.26 Å². The van der Waals surface area contributed by atoms with Crippen LogP contribution in [0.5, 0.6) is 0 Å². The molecule has 0 saturated heterocycles. The first-order chi connectivity index (χ1) is 19.8. The molecule has 0 bridgehead atoms. The standard InChI is InChI=1S/C36H33N3Si/c37-25-32-31(18-11-23-38-32)30-17-5-4-16-29(30)26-12-10-13-27(24-26)39-33-19-6-8-21-35(33)40(28-14-2-1-3-15-28)36-22-9-7-20-34(36)39/h1-6,8-9,12,14-17,19,21-24,34,36,40H,7,10-11,13,18,20H2. The maximum atomic E-state index is 9.79. The van der Waals surface area contributed by atoms with Crippen molar-refractivity contribution in [1.82, 2.24) is 0 Å². The minimum absolute atomic E-state index is 0.484. The maximum absolute atomic E-state index is 9.79. The summed E-state index contributed by atoms with van der Waals surface area (Å²) in [7, 11) is -1.45. The van der Waals surface area contributed by atoms with Crippen molar-refractivity contribution in [2.75, 3.05) is 4.90 Å². The number of fused-ring (bicyclic) bond motifs is 2. The summed E-state index contributed by atoms with van der Waals surface area (Å²) in [6, 6.07) is 31.9. The second-order valence-corrected chi connectivity index (χ2v) is 14.1. The highest BCUT2D eigenvalue weighted by Crippen LogP contribution is 2.43. The zero-order chi connectivity index (χ0) is 26.9. The lowest BCUT2D eigenvalue weighted by atomic mass is 9.87. The Morgan fingerprint density at radius 1 is 0.850 bits per heavy atom. The van der Waals surface area contributed by atoms with Crippen LogP contribution >= 0.6 is 0 Å². The van der Waals surface area contributed by atoms with E-state index in [9.17, 15) is 5.26 Å². The van der Waals surface area contributed by atoms with Crippen LogP contribution in [-0.2, 0) is 0 Å². The van der Waals surface area contributed by atoms with E-state index in [0.717, 1.165) is 43.2 Å². The fourth-order valence-electron chi connectivity index (χ4n) is 7.24. The van der Waals surface area contributed by atoms with Gasteiger partial charge in [0, 0.05) is 23.6 Å². The number of hydrogen-bond acceptors (Lipinski definition) is 3. The van der Waals surface area contributed by atoms with Gasteiger partial charge in [-0.05, 0) is 83.7 Å². The third kappa shape index (κ3) is 4.31. The van der Waals surface area contributed by atoms with E-state index < -0.39 is 8.80 Å². The molecule has 7 rings (SSSR count). The third-order valence-corrected chi connectivity index (χ3v) is 12.6. The van der Waals surface area contributed by atoms with Crippen LogP contribution in [0.4, 0.5) is 5.69 Å². The molecular formula is C36H33N3Si. The van der Waals surface area contributed by atoms with E-state index in [4.69, 9.17) is 0 Å². The van der Waals surface area contributed by atoms with Crippen molar-refractivity contribution in [3.63, 3.8) is 0 Å². The Bertz CT molecular complexity index is 1640. The SMILES string of the molecule is N#CC1=C(c2ccccc2C2=CCCC(N3c4ccccc4[SiH](c4ccccc4)C4C=CCCC43)=C2)CCC=N1. The van der Waals surface area contributed by atoms with E-state index in [1.807, 2.05) is 6.21 Å². The molecule has 0 N–H and O–H groups in total. The van der Waals surface area contributed by atoms with E-state index in [1.165, 1.54) is 28.9 Å². The Morgan fingerprint density at radius 3 is 2.52 bits per heavy atom. The molecule has 2 heterocycles. The summed E-state index contributed by atoms with van der Waals surface area (Å²) in [4.78, 5) is 7.15. The van der Waals surface area contributed by atoms with Crippen molar-refractivity contribution < 1.29 is 0 Å². The average molecular weight is 536 g/mol. The number of anilines is 1. The molecule has 0 spiro atoms. The molecule has 0 radical (unpaired) electrons. The summed E-state index contributed by atoms with van der Waals surface area (Å²) in [5.74, 6) is 0. The van der Waals surface area contributed by atoms with E-state index >= 15 is 0 Å². The zero-order valence-electron chi connectivity index (χ0n) is 22.7. The van der Waals surface area contributed by atoms with E-state index in [2.05, 4.69) is 119 Å². The number of allylic oxidation sites excluding steroid dienone is 7. The number of nitrogens with zero attached hydrogens (tertiary/aromatic N) is 3. The van der Waals surface area contributed by atoms with Gasteiger partial charge in [0.05, 0.1) is 0 Å². The van der Waals surface area contributed by atoms with Crippen LogP contribution in [0.2, 0.25) is 5.54 Å². The molecule has 3 aromatic carbocycles. The van der Waals surface area contributed by atoms with Gasteiger partial charge >= 0.3 is 0 Å². The van der Waals surface area contributed by atoms with Crippen molar-refractivity contribution in [2.24, 2.45) is 4.99 Å². The van der Waals surface area contributed by atoms with Crippen LogP contribution < -0.4 is 15.3 Å². The highest BCUT2D eigenvalue weighted by Gasteiger charge is 2.43. The van der Waals surface area contributed by atoms with Gasteiger partial charge in [-0.15, -0.1) is 0 Å². The second-order valence-electron chi connectivity index (χ2n) is 11.1. The minimum Gasteiger partial charge on any atom is -0.342 e. The van der Waals surface area contributed by atoms with Crippen molar-refractivity contribution in [3.8, 4) is 6.07 Å². The average Bonchev–Trinajstić information content (AvgIpc) is 3.04. The van der Waals surface area contributed by atoms with Gasteiger partial charge in [-0.3, -0.25) is 0 Å². The summed E-state index contributed by atoms with van der Waals surface area (Å²) in [6.45, 7) is 0. The predicted molar refractivity (Wildman–Crippen MR) is 170 cm³/mol. The van der Waals surface area contributed by atoms with Gasteiger partial charge in [0.15, 0.2) is 0 Å². The van der Waals surface area contributed by atoms with E-state index in [1.54, 1.807) is 10.4 Å². The molecule has 3 aromatic rings. The molecule has 3 nitrogen and oxygen atoms in total. The first kappa shape index (κ1) is 24.8. The van der Waals surface area contributed by atoms with Crippen molar-refractivity contribution in [1.29, 1.82) is 5.26 Å². The number of nitriles is 1. The van der Waals surface area contributed by atoms with Gasteiger partial charge in [-0.25, -0.2) is 4.99 Å². The van der Waals surface area contributed by atoms with Gasteiger partial charge in [0.25, 0.3) is 0 Å². The molecule has 196 valence electrons. The van der Waals surface area contributed by atoms with Crippen molar-refractivity contribution >= 4 is 42.2 Å². The molecule has 0 aromatic heterocycles. The summed E-state index contributed by atoms with van der Waals surface area (Å²) >= 11 is 0. The topological polar surface area (TPSA) is 39.4 Å². The zero-order valence-corrected chi connectivity index (χ0v) is 23.9. The van der Waals surface area contributed by atoms with Crippen molar-refractivity contribution in [3.05, 3.63) is 126 Å². The molecule has 0 saturated carbocycles. The second kappa shape index (κ2) is 10.8. The van der Waals surface area contributed by atoms with Crippen LogP contribution in [0.25, 0.3) is 11.1 Å². The maximum Gasteiger partial charge on any atom is 0.143 e. The lowest BCUT2D eigenvalue weighted by Crippen LogP contribution is -2.59. The molecule has 4 heteroatoms. The van der Waals surface area contributed by atoms with Crippen LogP contribution in [0.1, 0.15) is 49.7 Å². The largest absolute Gasteiger partial charge is 0.342 e. The first-order valence-electron chi connectivity index (χ1n) is 14.6. The molecule has 3 unspecified atom stereocenters. The molecule has 3 atom stereocenters. The predicted octanol–water partition coefficient (Wildman–Crippen LogP) is 6.80. The molecule has 0 amide bonds. The first-order valence-corrected chi connectivity index (χ1v) is 16.4. The van der Waals surface area contributed by atoms with Crippen LogP contribution in [-0.4, -0.2) is 21.1 Å². The van der Waals surface area contributed by atoms with E-state index in [0.29, 0.717) is 17.3 Å². The number of aliphatic imine (C=N–C) groups is 1. The quantitative estimate of drug-likeness (QED) is 0.272. The highest BCUT2D eigenvalue weighted by atomic mass is 28.3. The normalized spacial score (nSPS) is 23.6. The third-order valence-electron chi connectivity index (χ3n) is 8.93. The summed E-state index contributed by atoms with van der Waals surface area (Å²) in [5.41, 5.74) is 8.64. The smallest absolute Gasteiger partial charge is 0.143 e. The molecule has 2 aliphatic carbocycles. The van der Waals surface area contributed by atoms with Gasteiger partial charge in [0.2, 0.25) is 0 Å². The van der Waals surface area contributed by atoms with Gasteiger partial charge in [0.1, 0.15) is 20.6 Å². The lowest BCUT2D eigenvalue weighted by molar-refractivity contribution is 0.557.